The molecule has 22 heavy (non-hydrogen) atoms. The Morgan fingerprint density at radius 3 is 2.68 bits per heavy atom. The number of benzene rings is 1. The fraction of sp³-hybridized carbons (Fsp3) is 0.133. The van der Waals surface area contributed by atoms with E-state index in [1.54, 1.807) is 12.4 Å². The quantitative estimate of drug-likeness (QED) is 0.768. The summed E-state index contributed by atoms with van der Waals surface area (Å²) in [7, 11) is 0. The summed E-state index contributed by atoms with van der Waals surface area (Å²) >= 11 is 0.867. The van der Waals surface area contributed by atoms with Crippen LogP contribution in [0.4, 0.5) is 13.9 Å². The molecule has 0 aliphatic heterocycles. The van der Waals surface area contributed by atoms with Crippen molar-refractivity contribution >= 4 is 16.5 Å². The molecule has 0 aliphatic carbocycles. The molecule has 3 rings (SSSR count). The first kappa shape index (κ1) is 14.5. The summed E-state index contributed by atoms with van der Waals surface area (Å²) in [5, 5.41) is 10.3. The molecule has 0 amide bonds. The van der Waals surface area contributed by atoms with Crippen LogP contribution >= 0.6 is 11.3 Å². The van der Waals surface area contributed by atoms with E-state index in [0.29, 0.717) is 11.7 Å². The van der Waals surface area contributed by atoms with Crippen LogP contribution in [0.5, 0.6) is 0 Å². The summed E-state index contributed by atoms with van der Waals surface area (Å²) in [5.41, 5.74) is 3.10. The van der Waals surface area contributed by atoms with Crippen molar-refractivity contribution in [2.75, 3.05) is 5.32 Å². The van der Waals surface area contributed by atoms with Crippen molar-refractivity contribution in [1.29, 1.82) is 0 Å². The van der Waals surface area contributed by atoms with Gasteiger partial charge in [-0.05, 0) is 28.8 Å². The zero-order valence-electron chi connectivity index (χ0n) is 11.4. The summed E-state index contributed by atoms with van der Waals surface area (Å²) in [5.74, 6) is 0. The molecule has 4 nitrogen and oxygen atoms in total. The minimum Gasteiger partial charge on any atom is -0.356 e. The topological polar surface area (TPSA) is 50.7 Å². The van der Waals surface area contributed by atoms with Gasteiger partial charge >= 0.3 is 0 Å². The van der Waals surface area contributed by atoms with E-state index in [9.17, 15) is 8.78 Å². The van der Waals surface area contributed by atoms with Gasteiger partial charge in [0.15, 0.2) is 5.01 Å². The van der Waals surface area contributed by atoms with Crippen LogP contribution in [0, 0.1) is 0 Å². The Hall–Kier alpha value is -2.41. The van der Waals surface area contributed by atoms with Gasteiger partial charge in [0.05, 0.1) is 0 Å². The maximum Gasteiger partial charge on any atom is 0.291 e. The van der Waals surface area contributed by atoms with Gasteiger partial charge in [0, 0.05) is 18.9 Å². The minimum atomic E-state index is -2.58. The Kier molecular flexibility index (Phi) is 4.34. The van der Waals surface area contributed by atoms with Crippen LogP contribution in [-0.4, -0.2) is 15.2 Å². The Labute approximate surface area is 129 Å². The van der Waals surface area contributed by atoms with Gasteiger partial charge in [-0.1, -0.05) is 35.6 Å². The summed E-state index contributed by atoms with van der Waals surface area (Å²) in [6.45, 7) is 0.492. The van der Waals surface area contributed by atoms with Crippen molar-refractivity contribution < 1.29 is 8.78 Å². The Bertz CT molecular complexity index is 746. The molecule has 0 atom stereocenters. The molecule has 0 fully saturated rings. The predicted molar refractivity (Wildman–Crippen MR) is 81.9 cm³/mol. The number of alkyl halides is 2. The standard InChI is InChI=1S/C15H12F2N4S/c16-13(17)14-20-21-15(22-14)19-8-10-3-1-4-11(7-10)12-5-2-6-18-9-12/h1-7,9,13H,8H2,(H,19,21). The molecule has 0 saturated carbocycles. The third-order valence-corrected chi connectivity index (χ3v) is 3.88. The summed E-state index contributed by atoms with van der Waals surface area (Å²) < 4.78 is 24.9. The molecule has 0 bridgehead atoms. The van der Waals surface area contributed by atoms with Crippen LogP contribution in [-0.2, 0) is 6.54 Å². The maximum absolute atomic E-state index is 12.5. The average Bonchev–Trinajstić information content (AvgIpc) is 3.03. The second-order valence-electron chi connectivity index (χ2n) is 4.54. The number of nitrogens with one attached hydrogen (secondary N) is 1. The molecule has 3 aromatic rings. The smallest absolute Gasteiger partial charge is 0.291 e. The van der Waals surface area contributed by atoms with Crippen LogP contribution in [0.15, 0.2) is 48.8 Å². The van der Waals surface area contributed by atoms with Gasteiger partial charge in [0.25, 0.3) is 6.43 Å². The molecule has 112 valence electrons. The fourth-order valence-electron chi connectivity index (χ4n) is 1.97. The van der Waals surface area contributed by atoms with Gasteiger partial charge in [-0.3, -0.25) is 4.98 Å². The average molecular weight is 318 g/mol. The number of pyridine rings is 1. The van der Waals surface area contributed by atoms with E-state index in [4.69, 9.17) is 0 Å². The third-order valence-electron chi connectivity index (χ3n) is 2.99. The molecule has 0 aliphatic rings. The molecule has 1 N–H and O–H groups in total. The van der Waals surface area contributed by atoms with Crippen LogP contribution in [0.1, 0.15) is 17.0 Å². The van der Waals surface area contributed by atoms with Gasteiger partial charge in [-0.2, -0.15) is 0 Å². The normalized spacial score (nSPS) is 10.9. The van der Waals surface area contributed by atoms with Crippen molar-refractivity contribution in [3.05, 3.63) is 59.4 Å². The zero-order chi connectivity index (χ0) is 15.4. The number of halogens is 2. The lowest BCUT2D eigenvalue weighted by Crippen LogP contribution is -1.99. The van der Waals surface area contributed by atoms with E-state index in [-0.39, 0.29) is 5.01 Å². The third kappa shape index (κ3) is 3.43. The number of hydrogen-bond acceptors (Lipinski definition) is 5. The highest BCUT2D eigenvalue weighted by Crippen LogP contribution is 2.26. The van der Waals surface area contributed by atoms with E-state index in [2.05, 4.69) is 20.5 Å². The van der Waals surface area contributed by atoms with E-state index in [0.717, 1.165) is 28.0 Å². The van der Waals surface area contributed by atoms with Crippen molar-refractivity contribution in [3.63, 3.8) is 0 Å². The monoisotopic (exact) mass is 318 g/mol. The molecule has 2 aromatic heterocycles. The van der Waals surface area contributed by atoms with Gasteiger partial charge in [-0.15, -0.1) is 10.2 Å². The number of nitrogens with zero attached hydrogens (tertiary/aromatic N) is 3. The van der Waals surface area contributed by atoms with Crippen molar-refractivity contribution in [2.24, 2.45) is 0 Å². The van der Waals surface area contributed by atoms with Crippen LogP contribution in [0.25, 0.3) is 11.1 Å². The maximum atomic E-state index is 12.5. The second kappa shape index (κ2) is 6.57. The molecule has 1 aromatic carbocycles. The first-order chi connectivity index (χ1) is 10.7. The summed E-state index contributed by atoms with van der Waals surface area (Å²) in [6.07, 6.45) is 0.943. The minimum absolute atomic E-state index is 0.272. The van der Waals surface area contributed by atoms with E-state index in [1.807, 2.05) is 36.4 Å². The number of hydrogen-bond donors (Lipinski definition) is 1. The molecule has 0 radical (unpaired) electrons. The first-order valence-corrected chi connectivity index (χ1v) is 7.39. The first-order valence-electron chi connectivity index (χ1n) is 6.57. The van der Waals surface area contributed by atoms with E-state index >= 15 is 0 Å². The van der Waals surface area contributed by atoms with E-state index < -0.39 is 6.43 Å². The van der Waals surface area contributed by atoms with Gasteiger partial charge in [0.1, 0.15) is 0 Å². The van der Waals surface area contributed by atoms with Crippen LogP contribution < -0.4 is 5.32 Å². The molecule has 0 spiro atoms. The van der Waals surface area contributed by atoms with Gasteiger partial charge in [-0.25, -0.2) is 8.78 Å². The fourth-order valence-corrected chi connectivity index (χ4v) is 2.56. The Balaban J connectivity index is 1.70. The Morgan fingerprint density at radius 2 is 1.95 bits per heavy atom. The largest absolute Gasteiger partial charge is 0.356 e. The highest BCUT2D eigenvalue weighted by Gasteiger charge is 2.13. The lowest BCUT2D eigenvalue weighted by molar-refractivity contribution is 0.150. The highest BCUT2D eigenvalue weighted by atomic mass is 32.1. The lowest BCUT2D eigenvalue weighted by atomic mass is 10.1. The molecule has 0 saturated heterocycles. The molecular formula is C15H12F2N4S. The zero-order valence-corrected chi connectivity index (χ0v) is 12.2. The highest BCUT2D eigenvalue weighted by molar-refractivity contribution is 7.15. The molecule has 0 unspecified atom stereocenters. The molecule has 7 heteroatoms. The summed E-state index contributed by atoms with van der Waals surface area (Å²) in [6, 6.07) is 11.8. The Morgan fingerprint density at radius 1 is 1.09 bits per heavy atom. The predicted octanol–water partition coefficient (Wildman–Crippen LogP) is 4.15. The number of anilines is 1. The van der Waals surface area contributed by atoms with Crippen molar-refractivity contribution in [3.8, 4) is 11.1 Å². The summed E-state index contributed by atoms with van der Waals surface area (Å²) in [4.78, 5) is 4.10. The second-order valence-corrected chi connectivity index (χ2v) is 5.55. The number of rotatable bonds is 5. The lowest BCUT2D eigenvalue weighted by Gasteiger charge is -2.06. The van der Waals surface area contributed by atoms with Crippen LogP contribution in [0.2, 0.25) is 0 Å². The van der Waals surface area contributed by atoms with Crippen molar-refractivity contribution in [1.82, 2.24) is 15.2 Å². The SMILES string of the molecule is FC(F)c1nnc(NCc2cccc(-c3cccnc3)c2)s1. The van der Waals surface area contributed by atoms with Gasteiger partial charge in [0.2, 0.25) is 5.13 Å². The van der Waals surface area contributed by atoms with E-state index in [1.165, 1.54) is 0 Å². The van der Waals surface area contributed by atoms with Crippen LogP contribution in [0.3, 0.4) is 0 Å². The molecular weight excluding hydrogens is 306 g/mol. The van der Waals surface area contributed by atoms with Crippen molar-refractivity contribution in [2.45, 2.75) is 13.0 Å². The number of aromatic nitrogens is 3. The van der Waals surface area contributed by atoms with Gasteiger partial charge < -0.3 is 5.32 Å². The molecule has 2 heterocycles.